The number of hydrogen-bond donors (Lipinski definition) is 0. The van der Waals surface area contributed by atoms with E-state index in [1.54, 1.807) is 18.2 Å². The molecule has 0 saturated heterocycles. The maximum Gasteiger partial charge on any atom is 0.116 e. The zero-order chi connectivity index (χ0) is 17.7. The molecule has 0 radical (unpaired) electrons. The van der Waals surface area contributed by atoms with Gasteiger partial charge in [-0.3, -0.25) is 0 Å². The molecular weight excluding hydrogens is 349 g/mol. The predicted molar refractivity (Wildman–Crippen MR) is 103 cm³/mol. The Morgan fingerprint density at radius 2 is 1.32 bits per heavy atom. The van der Waals surface area contributed by atoms with Crippen LogP contribution in [-0.2, 0) is 0 Å². The molecular formula is C20H13ClN3P. The summed E-state index contributed by atoms with van der Waals surface area (Å²) in [5, 5.41) is 20.4. The molecule has 3 aromatic carbocycles. The summed E-state index contributed by atoms with van der Waals surface area (Å²) >= 11 is 7.10. The van der Waals surface area contributed by atoms with Crippen molar-refractivity contribution in [2.75, 3.05) is 0 Å². The lowest BCUT2D eigenvalue weighted by Crippen LogP contribution is -2.11. The Morgan fingerprint density at radius 1 is 0.760 bits per heavy atom. The molecule has 0 aliphatic carbocycles. The van der Waals surface area contributed by atoms with Gasteiger partial charge in [0.05, 0.1) is 22.9 Å². The lowest BCUT2D eigenvalue weighted by molar-refractivity contribution is 1.42. The molecule has 0 fully saturated rings. The second-order valence-corrected chi connectivity index (χ2v) is 9.10. The van der Waals surface area contributed by atoms with Crippen molar-refractivity contribution in [3.05, 3.63) is 90.0 Å². The molecule has 25 heavy (non-hydrogen) atoms. The Hall–Kier alpha value is -2.84. The molecule has 0 aromatic heterocycles. The first-order chi connectivity index (χ1) is 12.2. The van der Waals surface area contributed by atoms with E-state index in [1.807, 2.05) is 60.7 Å². The summed E-state index contributed by atoms with van der Waals surface area (Å²) in [6.07, 6.45) is -2.63. The SMILES string of the molecule is N#Cc1ccc(C#N)c(N=P(Cl)(c2ccccc2)c2ccccc2)c1. The van der Waals surface area contributed by atoms with Crippen LogP contribution in [0.3, 0.4) is 0 Å². The number of nitrogens with zero attached hydrogens (tertiary/aromatic N) is 3. The first kappa shape index (κ1) is 17.0. The fourth-order valence-electron chi connectivity index (χ4n) is 2.44. The van der Waals surface area contributed by atoms with E-state index in [0.717, 1.165) is 10.6 Å². The Bertz CT molecular complexity index is 989. The molecule has 0 unspecified atom stereocenters. The van der Waals surface area contributed by atoms with Gasteiger partial charge in [0.1, 0.15) is 12.5 Å². The summed E-state index contributed by atoms with van der Waals surface area (Å²) in [5.74, 6) is 0. The first-order valence-corrected chi connectivity index (χ1v) is 10.2. The highest BCUT2D eigenvalue weighted by atomic mass is 35.7. The van der Waals surface area contributed by atoms with Crippen LogP contribution in [-0.4, -0.2) is 0 Å². The molecule has 3 nitrogen and oxygen atoms in total. The van der Waals surface area contributed by atoms with Gasteiger partial charge in [-0.1, -0.05) is 71.9 Å². The van der Waals surface area contributed by atoms with Crippen LogP contribution in [0, 0.1) is 22.7 Å². The van der Waals surface area contributed by atoms with E-state index in [9.17, 15) is 5.26 Å². The van der Waals surface area contributed by atoms with E-state index in [1.165, 1.54) is 0 Å². The maximum absolute atomic E-state index is 9.40. The summed E-state index contributed by atoms with van der Waals surface area (Å²) < 4.78 is 4.81. The number of benzene rings is 3. The smallest absolute Gasteiger partial charge is 0.116 e. The molecule has 3 rings (SSSR count). The molecule has 0 heterocycles. The van der Waals surface area contributed by atoms with Crippen LogP contribution in [0.25, 0.3) is 0 Å². The lowest BCUT2D eigenvalue weighted by atomic mass is 10.1. The van der Waals surface area contributed by atoms with Gasteiger partial charge in [-0.05, 0) is 18.2 Å². The highest BCUT2D eigenvalue weighted by Gasteiger charge is 2.22. The summed E-state index contributed by atoms with van der Waals surface area (Å²) in [4.78, 5) is 0. The normalized spacial score (nSPS) is 10.5. The highest BCUT2D eigenvalue weighted by molar-refractivity contribution is 8.02. The predicted octanol–water partition coefficient (Wildman–Crippen LogP) is 5.07. The zero-order valence-electron chi connectivity index (χ0n) is 13.2. The maximum atomic E-state index is 9.40. The van der Waals surface area contributed by atoms with Crippen molar-refractivity contribution < 1.29 is 0 Å². The van der Waals surface area contributed by atoms with Crippen molar-refractivity contribution in [3.63, 3.8) is 0 Å². The van der Waals surface area contributed by atoms with Gasteiger partial charge in [-0.25, -0.2) is 4.74 Å². The molecule has 5 heteroatoms. The average molecular weight is 362 g/mol. The third-order valence-corrected chi connectivity index (χ3v) is 7.54. The van der Waals surface area contributed by atoms with Crippen LogP contribution in [0.1, 0.15) is 11.1 Å². The van der Waals surface area contributed by atoms with Crippen molar-refractivity contribution in [1.82, 2.24) is 0 Å². The lowest BCUT2D eigenvalue weighted by Gasteiger charge is -2.19. The van der Waals surface area contributed by atoms with Crippen LogP contribution in [0.15, 0.2) is 83.6 Å². The van der Waals surface area contributed by atoms with E-state index < -0.39 is 6.41 Å². The first-order valence-electron chi connectivity index (χ1n) is 7.55. The minimum absolute atomic E-state index is 0.399. The van der Waals surface area contributed by atoms with E-state index in [4.69, 9.17) is 21.2 Å². The average Bonchev–Trinajstić information content (AvgIpc) is 2.69. The number of rotatable bonds is 3. The van der Waals surface area contributed by atoms with E-state index in [0.29, 0.717) is 16.8 Å². The Balaban J connectivity index is 2.33. The Morgan fingerprint density at radius 3 is 1.80 bits per heavy atom. The fraction of sp³-hybridized carbons (Fsp3) is 0. The highest BCUT2D eigenvalue weighted by Crippen LogP contribution is 2.55. The van der Waals surface area contributed by atoms with Crippen molar-refractivity contribution >= 4 is 33.9 Å². The van der Waals surface area contributed by atoms with Gasteiger partial charge in [-0.15, -0.1) is 0 Å². The van der Waals surface area contributed by atoms with Crippen molar-refractivity contribution in [1.29, 1.82) is 10.5 Å². The van der Waals surface area contributed by atoms with Crippen molar-refractivity contribution in [3.8, 4) is 12.1 Å². The van der Waals surface area contributed by atoms with Gasteiger partial charge in [0, 0.05) is 10.6 Å². The second-order valence-electron chi connectivity index (χ2n) is 5.28. The molecule has 0 spiro atoms. The van der Waals surface area contributed by atoms with Gasteiger partial charge < -0.3 is 0 Å². The van der Waals surface area contributed by atoms with Crippen LogP contribution in [0.5, 0.6) is 0 Å². The number of hydrogen-bond acceptors (Lipinski definition) is 3. The fourth-order valence-corrected chi connectivity index (χ4v) is 5.49. The minimum Gasteiger partial charge on any atom is -0.241 e. The van der Waals surface area contributed by atoms with E-state index >= 15 is 0 Å². The molecule has 0 aliphatic rings. The Kier molecular flexibility index (Phi) is 5.01. The number of halogens is 1. The molecule has 0 aliphatic heterocycles. The third-order valence-electron chi connectivity index (χ3n) is 3.69. The van der Waals surface area contributed by atoms with Gasteiger partial charge in [0.15, 0.2) is 0 Å². The summed E-state index contributed by atoms with van der Waals surface area (Å²) in [6, 6.07) is 28.3. The largest absolute Gasteiger partial charge is 0.241 e. The molecule has 0 amide bonds. The third kappa shape index (κ3) is 3.49. The standard InChI is InChI=1S/C20H13ClN3P/c21-25(18-7-3-1-4-8-18,19-9-5-2-6-10-19)24-20-13-16(14-22)11-12-17(20)15-23/h1-13H. The summed E-state index contributed by atoms with van der Waals surface area (Å²) in [7, 11) is 0. The van der Waals surface area contributed by atoms with E-state index in [2.05, 4.69) is 12.1 Å². The quantitative estimate of drug-likeness (QED) is 0.611. The van der Waals surface area contributed by atoms with Crippen LogP contribution in [0.2, 0.25) is 0 Å². The van der Waals surface area contributed by atoms with Crippen LogP contribution >= 0.6 is 17.6 Å². The van der Waals surface area contributed by atoms with Gasteiger partial charge in [-0.2, -0.15) is 10.5 Å². The molecule has 0 atom stereocenters. The Labute approximate surface area is 151 Å². The summed E-state index contributed by atoms with van der Waals surface area (Å²) in [5.41, 5.74) is 1.29. The molecule has 0 saturated carbocycles. The zero-order valence-corrected chi connectivity index (χ0v) is 14.8. The molecule has 3 aromatic rings. The molecule has 0 bridgehead atoms. The monoisotopic (exact) mass is 361 g/mol. The van der Waals surface area contributed by atoms with Gasteiger partial charge in [0.2, 0.25) is 0 Å². The minimum atomic E-state index is -2.63. The van der Waals surface area contributed by atoms with Crippen molar-refractivity contribution in [2.24, 2.45) is 4.74 Å². The number of nitriles is 2. The van der Waals surface area contributed by atoms with Crippen LogP contribution in [0.4, 0.5) is 5.69 Å². The van der Waals surface area contributed by atoms with Gasteiger partial charge >= 0.3 is 0 Å². The topological polar surface area (TPSA) is 59.9 Å². The van der Waals surface area contributed by atoms with E-state index in [-0.39, 0.29) is 0 Å². The van der Waals surface area contributed by atoms with Crippen molar-refractivity contribution in [2.45, 2.75) is 0 Å². The molecule has 120 valence electrons. The van der Waals surface area contributed by atoms with Gasteiger partial charge in [0.25, 0.3) is 0 Å². The molecule has 0 N–H and O–H groups in total. The van der Waals surface area contributed by atoms with Crippen LogP contribution < -0.4 is 10.6 Å². The summed E-state index contributed by atoms with van der Waals surface area (Å²) in [6.45, 7) is 0. The second kappa shape index (κ2) is 7.37.